The molecule has 0 aliphatic heterocycles. The molecule has 2 aliphatic carbocycles. The fraction of sp³-hybridized carbons (Fsp3) is 0.333. The number of rotatable bonds is 2. The molecule has 0 fully saturated rings. The molecule has 15 heavy (non-hydrogen) atoms. The van der Waals surface area contributed by atoms with E-state index in [-0.39, 0.29) is 5.41 Å². The molecule has 0 unspecified atom stereocenters. The highest BCUT2D eigenvalue weighted by atomic mass is 14.3. The maximum Gasteiger partial charge on any atom is 0.0189 e. The second kappa shape index (κ2) is 4.36. The quantitative estimate of drug-likeness (QED) is 0.589. The highest BCUT2D eigenvalue weighted by Gasteiger charge is 2.26. The van der Waals surface area contributed by atoms with Crippen LogP contribution in [0, 0.1) is 17.3 Å². The molecule has 0 aromatic rings. The van der Waals surface area contributed by atoms with E-state index in [1.807, 2.05) is 0 Å². The van der Waals surface area contributed by atoms with Crippen LogP contribution < -0.4 is 0 Å². The van der Waals surface area contributed by atoms with Crippen molar-refractivity contribution in [3.63, 3.8) is 0 Å². The minimum Gasteiger partial charge on any atom is -0.102 e. The predicted molar refractivity (Wildman–Crippen MR) is 65.2 cm³/mol. The van der Waals surface area contributed by atoms with E-state index in [1.54, 1.807) is 0 Å². The van der Waals surface area contributed by atoms with Gasteiger partial charge in [-0.05, 0) is 12.0 Å². The van der Waals surface area contributed by atoms with Gasteiger partial charge >= 0.3 is 0 Å². The summed E-state index contributed by atoms with van der Waals surface area (Å²) in [5.41, 5.74) is 1.57. The van der Waals surface area contributed by atoms with Crippen molar-refractivity contribution < 1.29 is 0 Å². The van der Waals surface area contributed by atoms with E-state index in [2.05, 4.69) is 61.3 Å². The van der Waals surface area contributed by atoms with Crippen LogP contribution in [0.25, 0.3) is 0 Å². The summed E-state index contributed by atoms with van der Waals surface area (Å²) in [4.78, 5) is 0. The summed E-state index contributed by atoms with van der Waals surface area (Å²) in [6.45, 7) is 2.24. The summed E-state index contributed by atoms with van der Waals surface area (Å²) in [7, 11) is 0. The summed E-state index contributed by atoms with van der Waals surface area (Å²) in [6.07, 6.45) is 18.2. The average Bonchev–Trinajstić information content (AvgIpc) is 2.57. The van der Waals surface area contributed by atoms with Gasteiger partial charge in [-0.25, -0.2) is 0 Å². The lowest BCUT2D eigenvalue weighted by molar-refractivity contribution is 0.400. The van der Waals surface area contributed by atoms with Crippen LogP contribution in [0.15, 0.2) is 48.1 Å². The highest BCUT2D eigenvalue weighted by molar-refractivity contribution is 5.39. The van der Waals surface area contributed by atoms with E-state index in [0.717, 1.165) is 19.3 Å². The van der Waals surface area contributed by atoms with Gasteiger partial charge in [0.05, 0.1) is 0 Å². The van der Waals surface area contributed by atoms with Crippen molar-refractivity contribution in [1.29, 1.82) is 0 Å². The monoisotopic (exact) mass is 196 g/mol. The summed E-state index contributed by atoms with van der Waals surface area (Å²) < 4.78 is 0. The first-order valence-electron chi connectivity index (χ1n) is 5.55. The van der Waals surface area contributed by atoms with Crippen LogP contribution in [0.2, 0.25) is 0 Å². The zero-order valence-corrected chi connectivity index (χ0v) is 9.16. The standard InChI is InChI=1S/C15H16/c1-2-15(11-7-8-12-15)13-14-9-5-3-4-6-10-14/h3-6,9-10,13H,2,11-12H2,1H3. The smallest absolute Gasteiger partial charge is 0.0189 e. The summed E-state index contributed by atoms with van der Waals surface area (Å²) in [5.74, 6) is 6.42. The molecule has 0 saturated heterocycles. The Morgan fingerprint density at radius 3 is 2.27 bits per heavy atom. The van der Waals surface area contributed by atoms with E-state index >= 15 is 0 Å². The van der Waals surface area contributed by atoms with Crippen molar-refractivity contribution in [2.24, 2.45) is 5.41 Å². The first kappa shape index (κ1) is 10.1. The normalized spacial score (nSPS) is 21.0. The van der Waals surface area contributed by atoms with Crippen molar-refractivity contribution in [3.8, 4) is 11.8 Å². The second-order valence-electron chi connectivity index (χ2n) is 4.17. The third kappa shape index (κ3) is 2.30. The molecule has 2 aliphatic rings. The van der Waals surface area contributed by atoms with E-state index in [1.165, 1.54) is 5.57 Å². The van der Waals surface area contributed by atoms with Crippen LogP contribution >= 0.6 is 0 Å². The van der Waals surface area contributed by atoms with Crippen molar-refractivity contribution in [2.75, 3.05) is 0 Å². The number of hydrogen-bond donors (Lipinski definition) is 0. The van der Waals surface area contributed by atoms with Gasteiger partial charge in [-0.15, -0.1) is 11.8 Å². The summed E-state index contributed by atoms with van der Waals surface area (Å²) >= 11 is 0. The van der Waals surface area contributed by atoms with Gasteiger partial charge in [-0.1, -0.05) is 49.5 Å². The first-order chi connectivity index (χ1) is 7.35. The molecular formula is C15H16. The molecule has 0 heterocycles. The molecule has 76 valence electrons. The van der Waals surface area contributed by atoms with Crippen LogP contribution in [0.5, 0.6) is 0 Å². The van der Waals surface area contributed by atoms with Crippen LogP contribution in [-0.2, 0) is 0 Å². The van der Waals surface area contributed by atoms with Crippen molar-refractivity contribution in [2.45, 2.75) is 26.2 Å². The molecule has 2 rings (SSSR count). The minimum atomic E-state index is 0.272. The van der Waals surface area contributed by atoms with Crippen molar-refractivity contribution in [1.82, 2.24) is 0 Å². The van der Waals surface area contributed by atoms with Crippen molar-refractivity contribution >= 4 is 0 Å². The molecule has 0 nitrogen and oxygen atoms in total. The molecule has 0 heteroatoms. The lowest BCUT2D eigenvalue weighted by Gasteiger charge is -2.22. The second-order valence-corrected chi connectivity index (χ2v) is 4.17. The van der Waals surface area contributed by atoms with E-state index in [9.17, 15) is 0 Å². The predicted octanol–water partition coefficient (Wildman–Crippen LogP) is 3.79. The molecule has 0 aromatic heterocycles. The third-order valence-electron chi connectivity index (χ3n) is 3.09. The molecule has 0 atom stereocenters. The maximum atomic E-state index is 3.21. The van der Waals surface area contributed by atoms with Gasteiger partial charge in [0.15, 0.2) is 0 Å². The van der Waals surface area contributed by atoms with Gasteiger partial charge in [-0.3, -0.25) is 0 Å². The fourth-order valence-electron chi connectivity index (χ4n) is 1.96. The van der Waals surface area contributed by atoms with Gasteiger partial charge < -0.3 is 0 Å². The average molecular weight is 196 g/mol. The van der Waals surface area contributed by atoms with Crippen LogP contribution in [0.4, 0.5) is 0 Å². The summed E-state index contributed by atoms with van der Waals surface area (Å²) in [5, 5.41) is 0. The third-order valence-corrected chi connectivity index (χ3v) is 3.09. The molecule has 0 spiro atoms. The molecule has 0 radical (unpaired) electrons. The molecule has 0 bridgehead atoms. The minimum absolute atomic E-state index is 0.272. The zero-order chi connectivity index (χ0) is 10.6. The fourth-order valence-corrected chi connectivity index (χ4v) is 1.96. The zero-order valence-electron chi connectivity index (χ0n) is 9.16. The van der Waals surface area contributed by atoms with Gasteiger partial charge in [0.1, 0.15) is 0 Å². The van der Waals surface area contributed by atoms with Gasteiger partial charge in [0.25, 0.3) is 0 Å². The van der Waals surface area contributed by atoms with E-state index in [4.69, 9.17) is 0 Å². The molecule has 0 saturated carbocycles. The highest BCUT2D eigenvalue weighted by Crippen LogP contribution is 2.36. The Hall–Kier alpha value is -1.48. The molecule has 0 amide bonds. The van der Waals surface area contributed by atoms with Crippen LogP contribution in [0.3, 0.4) is 0 Å². The molecule has 0 N–H and O–H groups in total. The van der Waals surface area contributed by atoms with Crippen molar-refractivity contribution in [3.05, 3.63) is 48.1 Å². The Kier molecular flexibility index (Phi) is 2.92. The Bertz CT molecular complexity index is 377. The van der Waals surface area contributed by atoms with E-state index < -0.39 is 0 Å². The lowest BCUT2D eigenvalue weighted by atomic mass is 9.80. The number of hydrogen-bond acceptors (Lipinski definition) is 0. The SMILES string of the molecule is CCC1(C=C2C=CC=CC=C2)CC#CC1. The Morgan fingerprint density at radius 2 is 1.73 bits per heavy atom. The largest absolute Gasteiger partial charge is 0.102 e. The Balaban J connectivity index is 2.21. The Labute approximate surface area is 92.1 Å². The van der Waals surface area contributed by atoms with Crippen LogP contribution in [-0.4, -0.2) is 0 Å². The van der Waals surface area contributed by atoms with Gasteiger partial charge in [-0.2, -0.15) is 0 Å². The number of allylic oxidation sites excluding steroid dienone is 8. The van der Waals surface area contributed by atoms with Gasteiger partial charge in [0.2, 0.25) is 0 Å². The lowest BCUT2D eigenvalue weighted by Crippen LogP contribution is -2.13. The Morgan fingerprint density at radius 1 is 1.13 bits per heavy atom. The first-order valence-corrected chi connectivity index (χ1v) is 5.55. The molecule has 0 aromatic carbocycles. The summed E-state index contributed by atoms with van der Waals surface area (Å²) in [6, 6.07) is 0. The topological polar surface area (TPSA) is 0 Å². The van der Waals surface area contributed by atoms with E-state index in [0.29, 0.717) is 0 Å². The molecular weight excluding hydrogens is 180 g/mol. The van der Waals surface area contributed by atoms with Crippen LogP contribution in [0.1, 0.15) is 26.2 Å². The maximum absolute atomic E-state index is 3.21. The van der Waals surface area contributed by atoms with Gasteiger partial charge in [0, 0.05) is 18.3 Å².